The van der Waals surface area contributed by atoms with Crippen LogP contribution in [0.15, 0.2) is 24.3 Å². The number of nitrogens with zero attached hydrogens (tertiary/aromatic N) is 1. The number of likely N-dealkylation sites (tertiary alicyclic amines) is 1. The lowest BCUT2D eigenvalue weighted by atomic mass is 10.3. The molecule has 1 fully saturated rings. The van der Waals surface area contributed by atoms with Gasteiger partial charge in [0.25, 0.3) is 0 Å². The van der Waals surface area contributed by atoms with Crippen molar-refractivity contribution in [1.82, 2.24) is 4.90 Å². The predicted octanol–water partition coefficient (Wildman–Crippen LogP) is 2.88. The maximum Gasteiger partial charge on any atom is 0.234 e. The third-order valence-corrected chi connectivity index (χ3v) is 4.34. The second-order valence-corrected chi connectivity index (χ2v) is 5.91. The van der Waals surface area contributed by atoms with Crippen LogP contribution in [0.2, 0.25) is 0 Å². The highest BCUT2D eigenvalue weighted by atomic mass is 32.2. The Morgan fingerprint density at radius 3 is 2.58 bits per heavy atom. The highest BCUT2D eigenvalue weighted by Gasteiger charge is 2.16. The summed E-state index contributed by atoms with van der Waals surface area (Å²) in [6, 6.07) is 5.71. The van der Waals surface area contributed by atoms with Crippen molar-refractivity contribution in [2.24, 2.45) is 0 Å². The minimum absolute atomic E-state index is 0.127. The highest BCUT2D eigenvalue weighted by molar-refractivity contribution is 8.23. The Balaban J connectivity index is 1.75. The standard InChI is InChI=1S/C13H15FN2OS2/c14-10-3-5-11(6-4-10)15-12(17)9-19-13(18)16-7-1-2-8-16/h3-6H,1-2,7-9H2,(H,15,17). The summed E-state index contributed by atoms with van der Waals surface area (Å²) in [5, 5.41) is 2.71. The lowest BCUT2D eigenvalue weighted by molar-refractivity contribution is -0.113. The van der Waals surface area contributed by atoms with Gasteiger partial charge in [0.2, 0.25) is 5.91 Å². The number of thioether (sulfide) groups is 1. The van der Waals surface area contributed by atoms with E-state index >= 15 is 0 Å². The number of rotatable bonds is 3. The van der Waals surface area contributed by atoms with E-state index in [0.29, 0.717) is 5.69 Å². The van der Waals surface area contributed by atoms with E-state index in [1.165, 1.54) is 48.9 Å². The SMILES string of the molecule is O=C(CSC(=S)N1CCCC1)Nc1ccc(F)cc1. The Kier molecular flexibility index (Phi) is 5.15. The Labute approximate surface area is 121 Å². The smallest absolute Gasteiger partial charge is 0.234 e. The normalized spacial score (nSPS) is 14.5. The van der Waals surface area contributed by atoms with Gasteiger partial charge in [0.15, 0.2) is 0 Å². The molecule has 0 bridgehead atoms. The molecule has 1 saturated heterocycles. The largest absolute Gasteiger partial charge is 0.358 e. The van der Waals surface area contributed by atoms with Crippen molar-refractivity contribution in [1.29, 1.82) is 0 Å². The molecule has 19 heavy (non-hydrogen) atoms. The summed E-state index contributed by atoms with van der Waals surface area (Å²) in [5.41, 5.74) is 0.596. The Bertz CT molecular complexity index is 458. The van der Waals surface area contributed by atoms with Crippen LogP contribution in [0, 0.1) is 5.82 Å². The number of hydrogen-bond acceptors (Lipinski definition) is 3. The molecule has 3 nitrogen and oxygen atoms in total. The van der Waals surface area contributed by atoms with E-state index in [1.807, 2.05) is 0 Å². The zero-order valence-corrected chi connectivity index (χ0v) is 12.0. The lowest BCUT2D eigenvalue weighted by Crippen LogP contribution is -2.25. The van der Waals surface area contributed by atoms with E-state index in [1.54, 1.807) is 0 Å². The molecule has 0 saturated carbocycles. The van der Waals surface area contributed by atoms with E-state index < -0.39 is 0 Å². The molecule has 0 aromatic heterocycles. The van der Waals surface area contributed by atoms with Crippen LogP contribution in [0.1, 0.15) is 12.8 Å². The van der Waals surface area contributed by atoms with Crippen molar-refractivity contribution in [2.45, 2.75) is 12.8 Å². The Morgan fingerprint density at radius 2 is 1.95 bits per heavy atom. The molecule has 6 heteroatoms. The molecular formula is C13H15FN2OS2. The number of nitrogens with one attached hydrogen (secondary N) is 1. The molecule has 1 heterocycles. The Hall–Kier alpha value is -1.14. The minimum Gasteiger partial charge on any atom is -0.358 e. The van der Waals surface area contributed by atoms with Gasteiger partial charge in [0, 0.05) is 18.8 Å². The summed E-state index contributed by atoms with van der Waals surface area (Å²) in [7, 11) is 0. The number of thiocarbonyl (C=S) groups is 1. The van der Waals surface area contributed by atoms with Crippen LogP contribution in [0.4, 0.5) is 10.1 Å². The van der Waals surface area contributed by atoms with Crippen LogP contribution >= 0.6 is 24.0 Å². The van der Waals surface area contributed by atoms with Gasteiger partial charge < -0.3 is 10.2 Å². The Morgan fingerprint density at radius 1 is 1.32 bits per heavy atom. The third kappa shape index (κ3) is 4.47. The van der Waals surface area contributed by atoms with Gasteiger partial charge in [0.05, 0.1) is 5.75 Å². The van der Waals surface area contributed by atoms with Gasteiger partial charge in [-0.15, -0.1) is 0 Å². The van der Waals surface area contributed by atoms with Crippen molar-refractivity contribution in [2.75, 3.05) is 24.2 Å². The fourth-order valence-electron chi connectivity index (χ4n) is 1.85. The van der Waals surface area contributed by atoms with Gasteiger partial charge in [-0.2, -0.15) is 0 Å². The second-order valence-electron chi connectivity index (χ2n) is 4.30. The third-order valence-electron chi connectivity index (χ3n) is 2.82. The summed E-state index contributed by atoms with van der Waals surface area (Å²) in [4.78, 5) is 13.8. The zero-order chi connectivity index (χ0) is 13.7. The average Bonchev–Trinajstić information content (AvgIpc) is 2.93. The van der Waals surface area contributed by atoms with E-state index in [-0.39, 0.29) is 17.5 Å². The molecule has 1 aromatic carbocycles. The molecule has 0 unspecified atom stereocenters. The molecular weight excluding hydrogens is 283 g/mol. The number of halogens is 1. The zero-order valence-electron chi connectivity index (χ0n) is 10.4. The van der Waals surface area contributed by atoms with Crippen LogP contribution in [0.3, 0.4) is 0 Å². The highest BCUT2D eigenvalue weighted by Crippen LogP contribution is 2.16. The quantitative estimate of drug-likeness (QED) is 0.870. The number of benzene rings is 1. The molecule has 0 radical (unpaired) electrons. The lowest BCUT2D eigenvalue weighted by Gasteiger charge is -2.17. The van der Waals surface area contributed by atoms with Gasteiger partial charge in [-0.1, -0.05) is 24.0 Å². The number of hydrogen-bond donors (Lipinski definition) is 1. The molecule has 0 spiro atoms. The first-order chi connectivity index (χ1) is 9.15. The average molecular weight is 298 g/mol. The summed E-state index contributed by atoms with van der Waals surface area (Å²) < 4.78 is 13.5. The summed E-state index contributed by atoms with van der Waals surface area (Å²) >= 11 is 6.65. The number of carbonyl (C=O) groups is 1. The fourth-order valence-corrected chi connectivity index (χ4v) is 2.90. The predicted molar refractivity (Wildman–Crippen MR) is 80.9 cm³/mol. The van der Waals surface area contributed by atoms with Crippen molar-refractivity contribution in [3.63, 3.8) is 0 Å². The van der Waals surface area contributed by atoms with Crippen LogP contribution in [0.5, 0.6) is 0 Å². The van der Waals surface area contributed by atoms with Crippen molar-refractivity contribution in [3.05, 3.63) is 30.1 Å². The summed E-state index contributed by atoms with van der Waals surface area (Å²) in [6.45, 7) is 1.98. The summed E-state index contributed by atoms with van der Waals surface area (Å²) in [5.74, 6) is -0.159. The van der Waals surface area contributed by atoms with E-state index in [9.17, 15) is 9.18 Å². The molecule has 1 amide bonds. The van der Waals surface area contributed by atoms with Gasteiger partial charge >= 0.3 is 0 Å². The van der Waals surface area contributed by atoms with Gasteiger partial charge in [-0.05, 0) is 37.1 Å². The van der Waals surface area contributed by atoms with E-state index in [2.05, 4.69) is 10.2 Å². The molecule has 1 N–H and O–H groups in total. The van der Waals surface area contributed by atoms with Gasteiger partial charge in [0.1, 0.15) is 10.1 Å². The first kappa shape index (κ1) is 14.3. The van der Waals surface area contributed by atoms with Crippen molar-refractivity contribution in [3.8, 4) is 0 Å². The number of amides is 1. The fraction of sp³-hybridized carbons (Fsp3) is 0.385. The number of anilines is 1. The molecule has 0 atom stereocenters. The van der Waals surface area contributed by atoms with Crippen molar-refractivity contribution >= 4 is 39.9 Å². The van der Waals surface area contributed by atoms with Crippen molar-refractivity contribution < 1.29 is 9.18 Å². The molecule has 1 aromatic rings. The van der Waals surface area contributed by atoms with Crippen LogP contribution in [0.25, 0.3) is 0 Å². The first-order valence-corrected chi connectivity index (χ1v) is 7.51. The van der Waals surface area contributed by atoms with Crippen LogP contribution in [-0.4, -0.2) is 34.0 Å². The van der Waals surface area contributed by atoms with E-state index in [4.69, 9.17) is 12.2 Å². The molecule has 0 aliphatic carbocycles. The maximum atomic E-state index is 12.7. The maximum absolute atomic E-state index is 12.7. The van der Waals surface area contributed by atoms with E-state index in [0.717, 1.165) is 17.4 Å². The van der Waals surface area contributed by atoms with Gasteiger partial charge in [-0.3, -0.25) is 4.79 Å². The molecule has 102 valence electrons. The second kappa shape index (κ2) is 6.86. The van der Waals surface area contributed by atoms with Crippen LogP contribution < -0.4 is 5.32 Å². The topological polar surface area (TPSA) is 32.3 Å². The first-order valence-electron chi connectivity index (χ1n) is 6.12. The molecule has 1 aliphatic rings. The molecule has 2 rings (SSSR count). The number of carbonyl (C=O) groups excluding carboxylic acids is 1. The monoisotopic (exact) mass is 298 g/mol. The van der Waals surface area contributed by atoms with Crippen LogP contribution in [-0.2, 0) is 4.79 Å². The summed E-state index contributed by atoms with van der Waals surface area (Å²) in [6.07, 6.45) is 2.34. The minimum atomic E-state index is -0.317. The molecule has 1 aliphatic heterocycles. The van der Waals surface area contributed by atoms with Gasteiger partial charge in [-0.25, -0.2) is 4.39 Å².